The minimum atomic E-state index is -0.867. The Morgan fingerprint density at radius 3 is 2.73 bits per heavy atom. The third kappa shape index (κ3) is 2.46. The van der Waals surface area contributed by atoms with Crippen LogP contribution in [0.15, 0.2) is 48.5 Å². The molecule has 0 amide bonds. The van der Waals surface area contributed by atoms with Gasteiger partial charge in [0.1, 0.15) is 11.9 Å². The number of hydrogen-bond acceptors (Lipinski definition) is 2. The minimum Gasteiger partial charge on any atom is -0.480 e. The molecule has 1 heterocycles. The van der Waals surface area contributed by atoms with Crippen LogP contribution in [-0.4, -0.2) is 20.6 Å². The number of para-hydroxylation sites is 2. The Labute approximate surface area is 133 Å². The first kappa shape index (κ1) is 14.6. The van der Waals surface area contributed by atoms with Crippen molar-refractivity contribution in [1.82, 2.24) is 9.55 Å². The van der Waals surface area contributed by atoms with Gasteiger partial charge >= 0.3 is 5.97 Å². The summed E-state index contributed by atoms with van der Waals surface area (Å²) in [4.78, 5) is 16.3. The van der Waals surface area contributed by atoms with Gasteiger partial charge in [0, 0.05) is 10.6 Å². The average molecular weight is 315 g/mol. The topological polar surface area (TPSA) is 55.1 Å². The van der Waals surface area contributed by atoms with Crippen molar-refractivity contribution in [3.8, 4) is 11.4 Å². The van der Waals surface area contributed by atoms with Gasteiger partial charge in [0.15, 0.2) is 0 Å². The van der Waals surface area contributed by atoms with Crippen LogP contribution in [0.5, 0.6) is 0 Å². The number of carboxylic acid groups (broad SMARTS) is 1. The highest BCUT2D eigenvalue weighted by atomic mass is 35.5. The summed E-state index contributed by atoms with van der Waals surface area (Å²) in [5.41, 5.74) is 2.40. The molecule has 5 heteroatoms. The summed E-state index contributed by atoms with van der Waals surface area (Å²) in [6.45, 7) is 1.86. The van der Waals surface area contributed by atoms with Crippen molar-refractivity contribution in [2.45, 2.75) is 19.4 Å². The summed E-state index contributed by atoms with van der Waals surface area (Å²) in [6, 6.07) is 14.2. The first-order chi connectivity index (χ1) is 10.6. The Morgan fingerprint density at radius 2 is 2.05 bits per heavy atom. The van der Waals surface area contributed by atoms with Gasteiger partial charge in [-0.05, 0) is 30.7 Å². The van der Waals surface area contributed by atoms with Crippen molar-refractivity contribution < 1.29 is 9.90 Å². The zero-order chi connectivity index (χ0) is 15.7. The molecule has 0 saturated carbocycles. The maximum atomic E-state index is 11.6. The largest absolute Gasteiger partial charge is 0.480 e. The van der Waals surface area contributed by atoms with Crippen molar-refractivity contribution >= 4 is 28.6 Å². The number of carbonyl (C=O) groups is 1. The summed E-state index contributed by atoms with van der Waals surface area (Å²) in [7, 11) is 0. The quantitative estimate of drug-likeness (QED) is 0.777. The Bertz CT molecular complexity index is 842. The van der Waals surface area contributed by atoms with Gasteiger partial charge in [0.05, 0.1) is 11.0 Å². The molecular weight excluding hydrogens is 300 g/mol. The molecule has 3 aromatic rings. The Kier molecular flexibility index (Phi) is 3.86. The molecule has 0 aliphatic heterocycles. The number of benzene rings is 2. The number of fused-ring (bicyclic) bond motifs is 1. The van der Waals surface area contributed by atoms with Crippen LogP contribution in [0, 0.1) is 0 Å². The third-order valence-corrected chi connectivity index (χ3v) is 3.90. The smallest absolute Gasteiger partial charge is 0.326 e. The van der Waals surface area contributed by atoms with E-state index in [2.05, 4.69) is 4.98 Å². The van der Waals surface area contributed by atoms with E-state index in [-0.39, 0.29) is 0 Å². The normalized spacial score (nSPS) is 12.5. The first-order valence-electron chi connectivity index (χ1n) is 7.07. The van der Waals surface area contributed by atoms with Gasteiger partial charge in [-0.15, -0.1) is 0 Å². The van der Waals surface area contributed by atoms with Gasteiger partial charge in [-0.1, -0.05) is 42.8 Å². The number of nitrogens with zero attached hydrogens (tertiary/aromatic N) is 2. The van der Waals surface area contributed by atoms with E-state index in [0.717, 1.165) is 16.6 Å². The molecule has 0 spiro atoms. The molecule has 0 radical (unpaired) electrons. The maximum absolute atomic E-state index is 11.6. The van der Waals surface area contributed by atoms with Gasteiger partial charge in [-0.25, -0.2) is 9.78 Å². The van der Waals surface area contributed by atoms with Crippen molar-refractivity contribution in [2.75, 3.05) is 0 Å². The number of aromatic nitrogens is 2. The number of imidazole rings is 1. The molecule has 3 rings (SSSR count). The molecule has 2 aromatic carbocycles. The molecule has 4 nitrogen and oxygen atoms in total. The predicted octanol–water partition coefficient (Wildman–Crippen LogP) is 4.39. The lowest BCUT2D eigenvalue weighted by molar-refractivity contribution is -0.140. The molecular formula is C17H15ClN2O2. The van der Waals surface area contributed by atoms with E-state index in [4.69, 9.17) is 11.6 Å². The van der Waals surface area contributed by atoms with Gasteiger partial charge < -0.3 is 9.67 Å². The maximum Gasteiger partial charge on any atom is 0.326 e. The number of rotatable bonds is 4. The highest BCUT2D eigenvalue weighted by Gasteiger charge is 2.24. The lowest BCUT2D eigenvalue weighted by Crippen LogP contribution is -2.19. The molecule has 1 aromatic heterocycles. The fourth-order valence-corrected chi connectivity index (χ4v) is 2.85. The molecule has 0 aliphatic carbocycles. The first-order valence-corrected chi connectivity index (χ1v) is 7.45. The molecule has 0 aliphatic rings. The Hall–Kier alpha value is -2.33. The van der Waals surface area contributed by atoms with Crippen LogP contribution >= 0.6 is 11.6 Å². The standard InChI is InChI=1S/C17H15ClN2O2/c1-2-14(17(21)22)20-15-9-4-3-8-13(15)19-16(20)11-6-5-7-12(18)10-11/h3-10,14H,2H2,1H3,(H,21,22). The van der Waals surface area contributed by atoms with Crippen LogP contribution in [0.3, 0.4) is 0 Å². The van der Waals surface area contributed by atoms with Crippen molar-refractivity contribution in [3.63, 3.8) is 0 Å². The van der Waals surface area contributed by atoms with Crippen LogP contribution < -0.4 is 0 Å². The highest BCUT2D eigenvalue weighted by molar-refractivity contribution is 6.30. The molecule has 1 N–H and O–H groups in total. The van der Waals surface area contributed by atoms with Gasteiger partial charge in [-0.2, -0.15) is 0 Å². The Balaban J connectivity index is 2.31. The summed E-state index contributed by atoms with van der Waals surface area (Å²) < 4.78 is 1.78. The molecule has 0 bridgehead atoms. The zero-order valence-electron chi connectivity index (χ0n) is 12.0. The van der Waals surface area contributed by atoms with Crippen LogP contribution in [0.25, 0.3) is 22.4 Å². The van der Waals surface area contributed by atoms with E-state index in [0.29, 0.717) is 17.3 Å². The van der Waals surface area contributed by atoms with E-state index in [1.54, 1.807) is 16.7 Å². The SMILES string of the molecule is CCC(C(=O)O)n1c(-c2cccc(Cl)c2)nc2ccccc21. The monoisotopic (exact) mass is 314 g/mol. The average Bonchev–Trinajstić information content (AvgIpc) is 2.87. The molecule has 1 atom stereocenters. The number of aliphatic carboxylic acids is 1. The number of carboxylic acids is 1. The summed E-state index contributed by atoms with van der Waals surface area (Å²) in [5, 5.41) is 10.2. The second-order valence-electron chi connectivity index (χ2n) is 5.07. The lowest BCUT2D eigenvalue weighted by Gasteiger charge is -2.16. The zero-order valence-corrected chi connectivity index (χ0v) is 12.8. The minimum absolute atomic E-state index is 0.475. The van der Waals surface area contributed by atoms with E-state index < -0.39 is 12.0 Å². The third-order valence-electron chi connectivity index (χ3n) is 3.66. The van der Waals surface area contributed by atoms with Gasteiger partial charge in [0.2, 0.25) is 0 Å². The second-order valence-corrected chi connectivity index (χ2v) is 5.50. The van der Waals surface area contributed by atoms with E-state index in [9.17, 15) is 9.90 Å². The molecule has 1 unspecified atom stereocenters. The number of hydrogen-bond donors (Lipinski definition) is 1. The molecule has 0 fully saturated rings. The summed E-state index contributed by atoms with van der Waals surface area (Å²) >= 11 is 6.07. The summed E-state index contributed by atoms with van der Waals surface area (Å²) in [6.07, 6.45) is 0.475. The van der Waals surface area contributed by atoms with Crippen molar-refractivity contribution in [2.24, 2.45) is 0 Å². The van der Waals surface area contributed by atoms with Crippen molar-refractivity contribution in [3.05, 3.63) is 53.6 Å². The van der Waals surface area contributed by atoms with E-state index >= 15 is 0 Å². The molecule has 112 valence electrons. The Morgan fingerprint density at radius 1 is 1.27 bits per heavy atom. The highest BCUT2D eigenvalue weighted by Crippen LogP contribution is 2.31. The predicted molar refractivity (Wildman–Crippen MR) is 87.1 cm³/mol. The van der Waals surface area contributed by atoms with Crippen LogP contribution in [0.1, 0.15) is 19.4 Å². The fourth-order valence-electron chi connectivity index (χ4n) is 2.66. The molecule has 22 heavy (non-hydrogen) atoms. The molecule has 0 saturated heterocycles. The van der Waals surface area contributed by atoms with Crippen LogP contribution in [-0.2, 0) is 4.79 Å². The van der Waals surface area contributed by atoms with Crippen molar-refractivity contribution in [1.29, 1.82) is 0 Å². The second kappa shape index (κ2) is 5.81. The fraction of sp³-hybridized carbons (Fsp3) is 0.176. The van der Waals surface area contributed by atoms with Crippen LogP contribution in [0.4, 0.5) is 0 Å². The van der Waals surface area contributed by atoms with Crippen LogP contribution in [0.2, 0.25) is 5.02 Å². The van der Waals surface area contributed by atoms with Gasteiger partial charge in [-0.3, -0.25) is 0 Å². The number of halogens is 1. The lowest BCUT2D eigenvalue weighted by atomic mass is 10.1. The van der Waals surface area contributed by atoms with Gasteiger partial charge in [0.25, 0.3) is 0 Å². The summed E-state index contributed by atoms with van der Waals surface area (Å²) in [5.74, 6) is -0.244. The van der Waals surface area contributed by atoms with E-state index in [1.807, 2.05) is 43.3 Å². The van der Waals surface area contributed by atoms with E-state index in [1.165, 1.54) is 0 Å².